The van der Waals surface area contributed by atoms with Crippen molar-refractivity contribution in [3.05, 3.63) is 0 Å². The van der Waals surface area contributed by atoms with Gasteiger partial charge >= 0.3 is 0 Å². The van der Waals surface area contributed by atoms with E-state index in [1.807, 2.05) is 13.0 Å². The third-order valence-electron chi connectivity index (χ3n) is 2.03. The molecule has 2 N–H and O–H groups in total. The van der Waals surface area contributed by atoms with Crippen molar-refractivity contribution in [1.82, 2.24) is 0 Å². The van der Waals surface area contributed by atoms with Crippen LogP contribution in [0.4, 0.5) is 0 Å². The third-order valence-corrected chi connectivity index (χ3v) is 2.03. The Morgan fingerprint density at radius 1 is 1.31 bits per heavy atom. The molecule has 0 bridgehead atoms. The fourth-order valence-electron chi connectivity index (χ4n) is 1.25. The summed E-state index contributed by atoms with van der Waals surface area (Å²) in [7, 11) is 1.63. The Morgan fingerprint density at radius 3 is 2.50 bits per heavy atom. The van der Waals surface area contributed by atoms with Crippen LogP contribution in [0.2, 0.25) is 0 Å². The van der Waals surface area contributed by atoms with Gasteiger partial charge in [-0.05, 0) is 13.8 Å². The van der Waals surface area contributed by atoms with Crippen molar-refractivity contribution in [2.45, 2.75) is 31.9 Å². The molecule has 0 saturated carbocycles. The second-order valence-corrected chi connectivity index (χ2v) is 4.02. The summed E-state index contributed by atoms with van der Waals surface area (Å²) in [4.78, 5) is 0. The first kappa shape index (κ1) is 15.3. The van der Waals surface area contributed by atoms with Crippen molar-refractivity contribution in [1.29, 1.82) is 5.26 Å². The minimum atomic E-state index is -0.823. The topological polar surface area (TPSA) is 77.5 Å². The standard InChI is InChI=1S/C11H22N2O3/c1-10(8-11(2,13)9-12)16-7-6-15-5-4-14-3/h10H,4-8,13H2,1-3H3. The summed E-state index contributed by atoms with van der Waals surface area (Å²) in [6.45, 7) is 5.79. The molecule has 0 aliphatic rings. The molecule has 94 valence electrons. The van der Waals surface area contributed by atoms with Gasteiger partial charge in [0.2, 0.25) is 0 Å². The third kappa shape index (κ3) is 8.62. The van der Waals surface area contributed by atoms with Gasteiger partial charge in [0, 0.05) is 13.5 Å². The first-order chi connectivity index (χ1) is 7.52. The first-order valence-corrected chi connectivity index (χ1v) is 5.40. The van der Waals surface area contributed by atoms with Gasteiger partial charge in [0.1, 0.15) is 5.54 Å². The number of nitrogens with two attached hydrogens (primary N) is 1. The lowest BCUT2D eigenvalue weighted by Gasteiger charge is -2.20. The predicted molar refractivity (Wildman–Crippen MR) is 60.9 cm³/mol. The van der Waals surface area contributed by atoms with Gasteiger partial charge in [0.05, 0.1) is 38.6 Å². The fourth-order valence-corrected chi connectivity index (χ4v) is 1.25. The Hall–Kier alpha value is -0.670. The zero-order valence-corrected chi connectivity index (χ0v) is 10.4. The predicted octanol–water partition coefficient (Wildman–Crippen LogP) is 0.686. The Labute approximate surface area is 97.5 Å². The first-order valence-electron chi connectivity index (χ1n) is 5.40. The molecule has 0 aromatic carbocycles. The van der Waals surface area contributed by atoms with Crippen LogP contribution in [0.25, 0.3) is 0 Å². The van der Waals surface area contributed by atoms with Crippen LogP contribution in [-0.4, -0.2) is 45.2 Å². The Morgan fingerprint density at radius 2 is 1.94 bits per heavy atom. The molecular formula is C11H22N2O3. The Kier molecular flexibility index (Phi) is 8.12. The number of hydrogen-bond donors (Lipinski definition) is 1. The summed E-state index contributed by atoms with van der Waals surface area (Å²) in [6.07, 6.45) is 0.474. The summed E-state index contributed by atoms with van der Waals surface area (Å²) in [5, 5.41) is 8.74. The molecule has 0 saturated heterocycles. The number of hydrogen-bond acceptors (Lipinski definition) is 5. The number of methoxy groups -OCH3 is 1. The molecule has 0 heterocycles. The summed E-state index contributed by atoms with van der Waals surface area (Å²) < 4.78 is 15.5. The maximum atomic E-state index is 8.74. The van der Waals surface area contributed by atoms with Crippen LogP contribution in [0.1, 0.15) is 20.3 Å². The molecule has 2 atom stereocenters. The highest BCUT2D eigenvalue weighted by atomic mass is 16.5. The highest BCUT2D eigenvalue weighted by Crippen LogP contribution is 2.09. The van der Waals surface area contributed by atoms with Crippen LogP contribution in [-0.2, 0) is 14.2 Å². The molecule has 0 amide bonds. The van der Waals surface area contributed by atoms with Crippen molar-refractivity contribution < 1.29 is 14.2 Å². The van der Waals surface area contributed by atoms with Crippen LogP contribution >= 0.6 is 0 Å². The maximum Gasteiger partial charge on any atom is 0.103 e. The number of rotatable bonds is 9. The zero-order chi connectivity index (χ0) is 12.4. The minimum Gasteiger partial charge on any atom is -0.382 e. The monoisotopic (exact) mass is 230 g/mol. The number of nitriles is 1. The molecule has 0 aliphatic heterocycles. The molecule has 0 radical (unpaired) electrons. The van der Waals surface area contributed by atoms with Gasteiger partial charge in [0.15, 0.2) is 0 Å². The van der Waals surface area contributed by atoms with Crippen molar-refractivity contribution in [3.8, 4) is 6.07 Å². The average molecular weight is 230 g/mol. The van der Waals surface area contributed by atoms with Gasteiger partial charge in [0.25, 0.3) is 0 Å². The number of ether oxygens (including phenoxy) is 3. The quantitative estimate of drug-likeness (QED) is 0.589. The summed E-state index contributed by atoms with van der Waals surface area (Å²) >= 11 is 0. The van der Waals surface area contributed by atoms with E-state index in [0.29, 0.717) is 32.8 Å². The van der Waals surface area contributed by atoms with Gasteiger partial charge < -0.3 is 19.9 Å². The van der Waals surface area contributed by atoms with Crippen molar-refractivity contribution >= 4 is 0 Å². The average Bonchev–Trinajstić information content (AvgIpc) is 2.22. The van der Waals surface area contributed by atoms with E-state index < -0.39 is 5.54 Å². The SMILES string of the molecule is COCCOCCOC(C)CC(C)(N)C#N. The van der Waals surface area contributed by atoms with E-state index >= 15 is 0 Å². The lowest BCUT2D eigenvalue weighted by molar-refractivity contribution is -0.00631. The van der Waals surface area contributed by atoms with E-state index in [1.165, 1.54) is 0 Å². The van der Waals surface area contributed by atoms with E-state index in [4.69, 9.17) is 25.2 Å². The number of nitrogens with zero attached hydrogens (tertiary/aromatic N) is 1. The van der Waals surface area contributed by atoms with Gasteiger partial charge in [-0.1, -0.05) is 0 Å². The Bertz CT molecular complexity index is 214. The second kappa shape index (κ2) is 8.48. The molecule has 0 aromatic heterocycles. The van der Waals surface area contributed by atoms with Crippen LogP contribution < -0.4 is 5.73 Å². The van der Waals surface area contributed by atoms with Crippen molar-refractivity contribution in [2.75, 3.05) is 33.5 Å². The van der Waals surface area contributed by atoms with Crippen LogP contribution in [0.5, 0.6) is 0 Å². The van der Waals surface area contributed by atoms with E-state index in [2.05, 4.69) is 0 Å². The molecule has 16 heavy (non-hydrogen) atoms. The van der Waals surface area contributed by atoms with E-state index in [0.717, 1.165) is 0 Å². The summed E-state index contributed by atoms with van der Waals surface area (Å²) in [5.41, 5.74) is 4.87. The highest BCUT2D eigenvalue weighted by Gasteiger charge is 2.21. The van der Waals surface area contributed by atoms with Crippen LogP contribution in [0.15, 0.2) is 0 Å². The molecule has 0 fully saturated rings. The molecule has 5 nitrogen and oxygen atoms in total. The maximum absolute atomic E-state index is 8.74. The lowest BCUT2D eigenvalue weighted by Crippen LogP contribution is -2.38. The second-order valence-electron chi connectivity index (χ2n) is 4.02. The van der Waals surface area contributed by atoms with Crippen molar-refractivity contribution in [2.24, 2.45) is 5.73 Å². The normalized spacial score (nSPS) is 16.4. The van der Waals surface area contributed by atoms with Crippen molar-refractivity contribution in [3.63, 3.8) is 0 Å². The molecular weight excluding hydrogens is 208 g/mol. The summed E-state index contributed by atoms with van der Waals surface area (Å²) in [6, 6.07) is 2.04. The highest BCUT2D eigenvalue weighted by molar-refractivity contribution is 5.01. The largest absolute Gasteiger partial charge is 0.382 e. The molecule has 0 rings (SSSR count). The Balaban J connectivity index is 3.45. The summed E-state index contributed by atoms with van der Waals surface area (Å²) in [5.74, 6) is 0. The van der Waals surface area contributed by atoms with E-state index in [1.54, 1.807) is 14.0 Å². The smallest absolute Gasteiger partial charge is 0.103 e. The van der Waals surface area contributed by atoms with E-state index in [-0.39, 0.29) is 6.10 Å². The van der Waals surface area contributed by atoms with Gasteiger partial charge in [-0.3, -0.25) is 0 Å². The fraction of sp³-hybridized carbons (Fsp3) is 0.909. The molecule has 0 spiro atoms. The molecule has 5 heteroatoms. The molecule has 0 aliphatic carbocycles. The van der Waals surface area contributed by atoms with Crippen LogP contribution in [0.3, 0.4) is 0 Å². The van der Waals surface area contributed by atoms with Crippen LogP contribution in [0, 0.1) is 11.3 Å². The minimum absolute atomic E-state index is 0.0410. The molecule has 0 aromatic rings. The van der Waals surface area contributed by atoms with Gasteiger partial charge in [-0.2, -0.15) is 5.26 Å². The van der Waals surface area contributed by atoms with Gasteiger partial charge in [-0.15, -0.1) is 0 Å². The molecule has 2 unspecified atom stereocenters. The lowest BCUT2D eigenvalue weighted by atomic mass is 9.98. The van der Waals surface area contributed by atoms with Gasteiger partial charge in [-0.25, -0.2) is 0 Å². The van der Waals surface area contributed by atoms with E-state index in [9.17, 15) is 0 Å². The zero-order valence-electron chi connectivity index (χ0n) is 10.4.